The van der Waals surface area contributed by atoms with Crippen LogP contribution < -0.4 is 5.32 Å². The summed E-state index contributed by atoms with van der Waals surface area (Å²) in [5, 5.41) is 16.5. The first-order valence-electron chi connectivity index (χ1n) is 7.76. The predicted molar refractivity (Wildman–Crippen MR) is 88.4 cm³/mol. The normalized spacial score (nSPS) is 17.2. The van der Waals surface area contributed by atoms with Crippen LogP contribution >= 0.6 is 0 Å². The quantitative estimate of drug-likeness (QED) is 0.662. The maximum absolute atomic E-state index is 10.9. The van der Waals surface area contributed by atoms with Gasteiger partial charge in [-0.25, -0.2) is 0 Å². The minimum Gasteiger partial charge on any atom is -0.372 e. The van der Waals surface area contributed by atoms with Crippen LogP contribution in [0.5, 0.6) is 0 Å². The lowest BCUT2D eigenvalue weighted by atomic mass is 9.83. The highest BCUT2D eigenvalue weighted by atomic mass is 16.3. The number of benzene rings is 2. The molecule has 21 heavy (non-hydrogen) atoms. The molecule has 0 saturated heterocycles. The summed E-state index contributed by atoms with van der Waals surface area (Å²) in [5.74, 6) is 0. The molecule has 1 atom stereocenters. The number of aryl methyl sites for hydroxylation is 2. The fraction of sp³-hybridized carbons (Fsp3) is 0.368. The van der Waals surface area contributed by atoms with Crippen molar-refractivity contribution < 1.29 is 5.11 Å². The van der Waals surface area contributed by atoms with E-state index in [1.54, 1.807) is 6.08 Å². The van der Waals surface area contributed by atoms with Crippen molar-refractivity contribution in [2.45, 2.75) is 38.3 Å². The zero-order valence-electron chi connectivity index (χ0n) is 12.7. The van der Waals surface area contributed by atoms with Gasteiger partial charge in [-0.15, -0.1) is 6.58 Å². The summed E-state index contributed by atoms with van der Waals surface area (Å²) in [6.45, 7) is 6.13. The predicted octanol–water partition coefficient (Wildman–Crippen LogP) is 3.66. The Morgan fingerprint density at radius 2 is 1.95 bits per heavy atom. The van der Waals surface area contributed by atoms with E-state index in [4.69, 9.17) is 0 Å². The van der Waals surface area contributed by atoms with Gasteiger partial charge in [0.1, 0.15) is 5.72 Å². The maximum Gasteiger partial charge on any atom is 0.140 e. The Kier molecular flexibility index (Phi) is 3.83. The molecule has 2 heteroatoms. The Morgan fingerprint density at radius 3 is 2.71 bits per heavy atom. The van der Waals surface area contributed by atoms with Crippen LogP contribution in [-0.2, 0) is 18.6 Å². The molecule has 0 bridgehead atoms. The van der Waals surface area contributed by atoms with Crippen molar-refractivity contribution >= 4 is 10.8 Å². The van der Waals surface area contributed by atoms with Crippen molar-refractivity contribution in [3.05, 3.63) is 59.7 Å². The van der Waals surface area contributed by atoms with Gasteiger partial charge in [-0.2, -0.15) is 0 Å². The Bertz CT molecular complexity index is 673. The molecule has 0 radical (unpaired) electrons. The minimum absolute atomic E-state index is 0.582. The number of aliphatic hydroxyl groups is 1. The molecule has 0 heterocycles. The van der Waals surface area contributed by atoms with Gasteiger partial charge in [0.2, 0.25) is 0 Å². The minimum atomic E-state index is -1.04. The maximum atomic E-state index is 10.9. The van der Waals surface area contributed by atoms with Crippen LogP contribution in [0.3, 0.4) is 0 Å². The molecule has 1 aliphatic rings. The number of rotatable bonds is 4. The smallest absolute Gasteiger partial charge is 0.140 e. The highest BCUT2D eigenvalue weighted by molar-refractivity contribution is 5.90. The van der Waals surface area contributed by atoms with E-state index >= 15 is 0 Å². The molecule has 0 amide bonds. The van der Waals surface area contributed by atoms with Gasteiger partial charge in [0, 0.05) is 12.1 Å². The molecule has 0 aliphatic heterocycles. The number of fused-ring (bicyclic) bond motifs is 3. The SMILES string of the molecule is C=CCNC(C)(O)c1cc2c(c3ccccc13)CCCC2. The van der Waals surface area contributed by atoms with E-state index in [2.05, 4.69) is 36.2 Å². The summed E-state index contributed by atoms with van der Waals surface area (Å²) in [4.78, 5) is 0. The molecule has 2 aromatic rings. The van der Waals surface area contributed by atoms with Gasteiger partial charge >= 0.3 is 0 Å². The Morgan fingerprint density at radius 1 is 1.24 bits per heavy atom. The first-order valence-corrected chi connectivity index (χ1v) is 7.76. The summed E-state index contributed by atoms with van der Waals surface area (Å²) >= 11 is 0. The van der Waals surface area contributed by atoms with Crippen molar-refractivity contribution in [3.63, 3.8) is 0 Å². The van der Waals surface area contributed by atoms with E-state index in [9.17, 15) is 5.11 Å². The van der Waals surface area contributed by atoms with Gasteiger partial charge in [0.25, 0.3) is 0 Å². The molecule has 0 aromatic heterocycles. The summed E-state index contributed by atoms with van der Waals surface area (Å²) < 4.78 is 0. The second kappa shape index (κ2) is 5.63. The van der Waals surface area contributed by atoms with Crippen molar-refractivity contribution in [3.8, 4) is 0 Å². The van der Waals surface area contributed by atoms with E-state index < -0.39 is 5.72 Å². The molecule has 2 N–H and O–H groups in total. The zero-order chi connectivity index (χ0) is 14.9. The third-order valence-corrected chi connectivity index (χ3v) is 4.49. The van der Waals surface area contributed by atoms with Gasteiger partial charge in [0.05, 0.1) is 0 Å². The van der Waals surface area contributed by atoms with Gasteiger partial charge in [-0.05, 0) is 54.5 Å². The van der Waals surface area contributed by atoms with Crippen LogP contribution in [0.1, 0.15) is 36.5 Å². The molecule has 1 unspecified atom stereocenters. The van der Waals surface area contributed by atoms with Crippen molar-refractivity contribution in [1.29, 1.82) is 0 Å². The highest BCUT2D eigenvalue weighted by Crippen LogP contribution is 2.35. The first-order chi connectivity index (χ1) is 10.1. The van der Waals surface area contributed by atoms with Gasteiger partial charge in [-0.1, -0.05) is 36.4 Å². The summed E-state index contributed by atoms with van der Waals surface area (Å²) in [6, 6.07) is 10.6. The van der Waals surface area contributed by atoms with Crippen LogP contribution in [0.25, 0.3) is 10.8 Å². The second-order valence-electron chi connectivity index (χ2n) is 6.06. The number of hydrogen-bond donors (Lipinski definition) is 2. The molecule has 2 aromatic carbocycles. The lowest BCUT2D eigenvalue weighted by molar-refractivity contribution is 0.0252. The van der Waals surface area contributed by atoms with Gasteiger partial charge in [-0.3, -0.25) is 5.32 Å². The monoisotopic (exact) mass is 281 g/mol. The van der Waals surface area contributed by atoms with Gasteiger partial charge in [0.15, 0.2) is 0 Å². The van der Waals surface area contributed by atoms with E-state index in [0.29, 0.717) is 6.54 Å². The average Bonchev–Trinajstić information content (AvgIpc) is 2.52. The molecule has 0 saturated carbocycles. The third-order valence-electron chi connectivity index (χ3n) is 4.49. The topological polar surface area (TPSA) is 32.3 Å². The Hall–Kier alpha value is -1.64. The van der Waals surface area contributed by atoms with Crippen LogP contribution in [0, 0.1) is 0 Å². The average molecular weight is 281 g/mol. The number of hydrogen-bond acceptors (Lipinski definition) is 2. The standard InChI is InChI=1S/C19H23NO/c1-3-12-20-19(2,21)18-13-14-8-4-5-9-15(14)16-10-6-7-11-17(16)18/h3,6-7,10-11,13,20-21H,1,4-5,8-9,12H2,2H3. The summed E-state index contributed by atoms with van der Waals surface area (Å²) in [5.41, 5.74) is 2.80. The first kappa shape index (κ1) is 14.3. The molecule has 110 valence electrons. The lowest BCUT2D eigenvalue weighted by Gasteiger charge is -2.29. The molecular formula is C19H23NO. The van der Waals surface area contributed by atoms with E-state index in [1.165, 1.54) is 29.4 Å². The van der Waals surface area contributed by atoms with E-state index in [1.807, 2.05) is 13.0 Å². The third kappa shape index (κ3) is 2.61. The van der Waals surface area contributed by atoms with Gasteiger partial charge < -0.3 is 5.11 Å². The molecule has 2 nitrogen and oxygen atoms in total. The Labute approximate surface area is 126 Å². The van der Waals surface area contributed by atoms with E-state index in [-0.39, 0.29) is 0 Å². The number of nitrogens with one attached hydrogen (secondary N) is 1. The lowest BCUT2D eigenvalue weighted by Crippen LogP contribution is -2.39. The van der Waals surface area contributed by atoms with Crippen molar-refractivity contribution in [1.82, 2.24) is 5.32 Å². The van der Waals surface area contributed by atoms with Crippen LogP contribution in [0.15, 0.2) is 43.0 Å². The second-order valence-corrected chi connectivity index (χ2v) is 6.06. The molecule has 0 fully saturated rings. The molecule has 1 aliphatic carbocycles. The Balaban J connectivity index is 2.20. The molecular weight excluding hydrogens is 258 g/mol. The summed E-state index contributed by atoms with van der Waals surface area (Å²) in [7, 11) is 0. The molecule has 0 spiro atoms. The summed E-state index contributed by atoms with van der Waals surface area (Å²) in [6.07, 6.45) is 6.55. The highest BCUT2D eigenvalue weighted by Gasteiger charge is 2.26. The fourth-order valence-corrected chi connectivity index (χ4v) is 3.40. The van der Waals surface area contributed by atoms with Crippen LogP contribution in [0.2, 0.25) is 0 Å². The van der Waals surface area contributed by atoms with Crippen LogP contribution in [-0.4, -0.2) is 11.7 Å². The fourth-order valence-electron chi connectivity index (χ4n) is 3.40. The molecule has 3 rings (SSSR count). The van der Waals surface area contributed by atoms with Crippen molar-refractivity contribution in [2.24, 2.45) is 0 Å². The zero-order valence-corrected chi connectivity index (χ0v) is 12.7. The van der Waals surface area contributed by atoms with Crippen molar-refractivity contribution in [2.75, 3.05) is 6.54 Å². The largest absolute Gasteiger partial charge is 0.372 e. The van der Waals surface area contributed by atoms with Crippen LogP contribution in [0.4, 0.5) is 0 Å². The van der Waals surface area contributed by atoms with E-state index in [0.717, 1.165) is 23.8 Å².